The van der Waals surface area contributed by atoms with Gasteiger partial charge in [0, 0.05) is 0 Å². The van der Waals surface area contributed by atoms with E-state index in [-0.39, 0.29) is 4.90 Å². The van der Waals surface area contributed by atoms with E-state index in [9.17, 15) is 13.5 Å². The van der Waals surface area contributed by atoms with Crippen molar-refractivity contribution in [3.8, 4) is 12.3 Å². The van der Waals surface area contributed by atoms with Crippen molar-refractivity contribution in [2.45, 2.75) is 10.5 Å². The maximum atomic E-state index is 11.6. The average molecular weight is 256 g/mol. The predicted octanol–water partition coefficient (Wildman–Crippen LogP) is -0.252. The van der Waals surface area contributed by atoms with Gasteiger partial charge in [0.25, 0.3) is 10.1 Å². The maximum absolute atomic E-state index is 11.6. The molecule has 92 valence electrons. The summed E-state index contributed by atoms with van der Waals surface area (Å²) in [6.45, 7) is -1.48. The molecule has 2 N–H and O–H groups in total. The van der Waals surface area contributed by atoms with Crippen molar-refractivity contribution in [2.24, 2.45) is 0 Å². The molecule has 0 aromatic heterocycles. The predicted molar refractivity (Wildman–Crippen MR) is 60.4 cm³/mol. The number of hydrogen-bond acceptors (Lipinski definition) is 5. The van der Waals surface area contributed by atoms with Gasteiger partial charge >= 0.3 is 0 Å². The molecule has 1 rings (SSSR count). The molecule has 0 bridgehead atoms. The topological polar surface area (TPSA) is 83.8 Å². The second-order valence-electron chi connectivity index (χ2n) is 3.36. The molecular formula is C11H12O5S. The number of terminal acetylenes is 1. The first-order chi connectivity index (χ1) is 7.93. The van der Waals surface area contributed by atoms with Crippen LogP contribution in [0.3, 0.4) is 0 Å². The lowest BCUT2D eigenvalue weighted by Gasteiger charge is -2.18. The molecule has 0 aliphatic heterocycles. The van der Waals surface area contributed by atoms with E-state index in [4.69, 9.17) is 11.5 Å². The van der Waals surface area contributed by atoms with Crippen LogP contribution in [0.5, 0.6) is 0 Å². The van der Waals surface area contributed by atoms with E-state index in [1.54, 1.807) is 6.07 Å². The maximum Gasteiger partial charge on any atom is 0.297 e. The van der Waals surface area contributed by atoms with Crippen molar-refractivity contribution in [1.29, 1.82) is 0 Å². The van der Waals surface area contributed by atoms with E-state index in [0.29, 0.717) is 0 Å². The fourth-order valence-corrected chi connectivity index (χ4v) is 1.94. The van der Waals surface area contributed by atoms with E-state index in [1.165, 1.54) is 24.3 Å². The van der Waals surface area contributed by atoms with Crippen molar-refractivity contribution < 1.29 is 22.8 Å². The van der Waals surface area contributed by atoms with Gasteiger partial charge in [0.05, 0.1) is 11.5 Å². The van der Waals surface area contributed by atoms with Gasteiger partial charge in [-0.3, -0.25) is 4.18 Å². The summed E-state index contributed by atoms with van der Waals surface area (Å²) in [5.74, 6) is 1.87. The summed E-state index contributed by atoms with van der Waals surface area (Å²) in [7, 11) is -3.98. The van der Waals surface area contributed by atoms with Gasteiger partial charge in [-0.15, -0.1) is 6.42 Å². The van der Waals surface area contributed by atoms with Crippen LogP contribution in [-0.4, -0.2) is 37.4 Å². The summed E-state index contributed by atoms with van der Waals surface area (Å²) >= 11 is 0. The molecule has 0 aliphatic rings. The highest BCUT2D eigenvalue weighted by atomic mass is 32.2. The number of aliphatic hydroxyl groups is 2. The van der Waals surface area contributed by atoms with Crippen molar-refractivity contribution in [1.82, 2.24) is 0 Å². The normalized spacial score (nSPS) is 14.9. The monoisotopic (exact) mass is 256 g/mol. The average Bonchev–Trinajstić information content (AvgIpc) is 2.37. The summed E-state index contributed by atoms with van der Waals surface area (Å²) < 4.78 is 27.8. The minimum absolute atomic E-state index is 0.0442. The van der Waals surface area contributed by atoms with Crippen LogP contribution in [0, 0.1) is 12.3 Å². The number of rotatable bonds is 5. The fraction of sp³-hybridized carbons (Fsp3) is 0.273. The zero-order valence-corrected chi connectivity index (χ0v) is 9.72. The van der Waals surface area contributed by atoms with Crippen molar-refractivity contribution >= 4 is 10.1 Å². The Morgan fingerprint density at radius 1 is 1.35 bits per heavy atom. The van der Waals surface area contributed by atoms with E-state index < -0.39 is 28.9 Å². The molecule has 1 aromatic carbocycles. The van der Waals surface area contributed by atoms with Gasteiger partial charge in [0.2, 0.25) is 0 Å². The van der Waals surface area contributed by atoms with Gasteiger partial charge in [-0.05, 0) is 12.1 Å². The van der Waals surface area contributed by atoms with E-state index in [0.717, 1.165) is 0 Å². The summed E-state index contributed by atoms with van der Waals surface area (Å²) in [6, 6.07) is 7.43. The zero-order valence-electron chi connectivity index (χ0n) is 8.91. The molecule has 0 saturated heterocycles. The number of hydrogen-bond donors (Lipinski definition) is 2. The Morgan fingerprint density at radius 2 is 1.94 bits per heavy atom. The molecule has 1 atom stereocenters. The highest BCUT2D eigenvalue weighted by molar-refractivity contribution is 7.86. The van der Waals surface area contributed by atoms with Gasteiger partial charge in [0.1, 0.15) is 6.61 Å². The van der Waals surface area contributed by atoms with Crippen molar-refractivity contribution in [3.63, 3.8) is 0 Å². The Balaban J connectivity index is 2.80. The molecule has 1 aromatic rings. The minimum Gasteiger partial charge on any atom is -0.392 e. The lowest BCUT2D eigenvalue weighted by molar-refractivity contribution is 0.000412. The SMILES string of the molecule is C#C[C@@](O)(CO)COS(=O)(=O)c1ccccc1. The minimum atomic E-state index is -3.98. The van der Waals surface area contributed by atoms with E-state index in [1.807, 2.05) is 5.92 Å². The Bertz CT molecular complexity index is 502. The lowest BCUT2D eigenvalue weighted by Crippen LogP contribution is -2.37. The second kappa shape index (κ2) is 5.29. The molecule has 17 heavy (non-hydrogen) atoms. The molecule has 0 spiro atoms. The summed E-state index contributed by atoms with van der Waals surface area (Å²) in [5, 5.41) is 18.2. The Hall–Kier alpha value is -1.39. The molecule has 0 radical (unpaired) electrons. The number of aliphatic hydroxyl groups excluding tert-OH is 1. The molecular weight excluding hydrogens is 244 g/mol. The van der Waals surface area contributed by atoms with Crippen LogP contribution in [0.15, 0.2) is 35.2 Å². The molecule has 0 amide bonds. The van der Waals surface area contributed by atoms with Crippen LogP contribution in [0.1, 0.15) is 0 Å². The molecule has 0 aliphatic carbocycles. The van der Waals surface area contributed by atoms with Crippen LogP contribution in [0.25, 0.3) is 0 Å². The van der Waals surface area contributed by atoms with Crippen LogP contribution in [0.2, 0.25) is 0 Å². The largest absolute Gasteiger partial charge is 0.392 e. The van der Waals surface area contributed by atoms with Crippen LogP contribution < -0.4 is 0 Å². The van der Waals surface area contributed by atoms with Gasteiger partial charge in [-0.2, -0.15) is 8.42 Å². The summed E-state index contributed by atoms with van der Waals surface area (Å²) in [4.78, 5) is -0.0442. The standard InChI is InChI=1S/C11H12O5S/c1-2-11(13,8-12)9-16-17(14,15)10-6-4-3-5-7-10/h1,3-7,12-13H,8-9H2/t11-/m1/s1. The third-order valence-electron chi connectivity index (χ3n) is 2.01. The first-order valence-corrected chi connectivity index (χ1v) is 6.10. The first kappa shape index (κ1) is 13.7. The zero-order chi connectivity index (χ0) is 12.9. The summed E-state index contributed by atoms with van der Waals surface area (Å²) in [6.07, 6.45) is 4.95. The second-order valence-corrected chi connectivity index (χ2v) is 4.98. The Labute approximate surface area is 99.8 Å². The Morgan fingerprint density at radius 3 is 2.41 bits per heavy atom. The smallest absolute Gasteiger partial charge is 0.297 e. The molecule has 0 saturated carbocycles. The van der Waals surface area contributed by atoms with E-state index >= 15 is 0 Å². The highest BCUT2D eigenvalue weighted by Crippen LogP contribution is 2.13. The first-order valence-electron chi connectivity index (χ1n) is 4.69. The third-order valence-corrected chi connectivity index (χ3v) is 3.29. The third kappa shape index (κ3) is 3.54. The van der Waals surface area contributed by atoms with Gasteiger partial charge < -0.3 is 10.2 Å². The fourth-order valence-electron chi connectivity index (χ4n) is 0.963. The molecule has 0 heterocycles. The molecule has 0 fully saturated rings. The van der Waals surface area contributed by atoms with Gasteiger partial charge in [-0.1, -0.05) is 24.1 Å². The van der Waals surface area contributed by atoms with Gasteiger partial charge in [-0.25, -0.2) is 0 Å². The highest BCUT2D eigenvalue weighted by Gasteiger charge is 2.27. The van der Waals surface area contributed by atoms with E-state index in [2.05, 4.69) is 4.18 Å². The van der Waals surface area contributed by atoms with Crippen molar-refractivity contribution in [2.75, 3.05) is 13.2 Å². The molecule has 0 unspecified atom stereocenters. The van der Waals surface area contributed by atoms with Crippen molar-refractivity contribution in [3.05, 3.63) is 30.3 Å². The molecule has 6 heteroatoms. The molecule has 5 nitrogen and oxygen atoms in total. The van der Waals surface area contributed by atoms with Crippen LogP contribution >= 0.6 is 0 Å². The van der Waals surface area contributed by atoms with Gasteiger partial charge in [0.15, 0.2) is 5.60 Å². The lowest BCUT2D eigenvalue weighted by atomic mass is 10.1. The quantitative estimate of drug-likeness (QED) is 0.560. The number of benzene rings is 1. The van der Waals surface area contributed by atoms with Crippen LogP contribution in [0.4, 0.5) is 0 Å². The Kier molecular flexibility index (Phi) is 4.26. The summed E-state index contributed by atoms with van der Waals surface area (Å²) in [5.41, 5.74) is -2.00. The van der Waals surface area contributed by atoms with Crippen LogP contribution in [-0.2, 0) is 14.3 Å².